The number of anilines is 2. The quantitative estimate of drug-likeness (QED) is 0.691. The first-order chi connectivity index (χ1) is 15.8. The maximum atomic E-state index is 13.6. The SMILES string of the molecule is CCN(C(=O)[C@H]1CCCN1S(=O)(=O)c1cc2c(cc1C)NC(=O)CO2)c1ccc(OC)cc1. The molecule has 2 aromatic rings. The number of rotatable bonds is 6. The highest BCUT2D eigenvalue weighted by molar-refractivity contribution is 7.89. The molecule has 4 rings (SSSR count). The molecular formula is C23H27N3O6S. The van der Waals surface area contributed by atoms with Crippen molar-refractivity contribution in [3.05, 3.63) is 42.0 Å². The van der Waals surface area contributed by atoms with E-state index in [9.17, 15) is 18.0 Å². The zero-order chi connectivity index (χ0) is 23.8. The van der Waals surface area contributed by atoms with Gasteiger partial charge in [0.05, 0.1) is 17.7 Å². The van der Waals surface area contributed by atoms with Crippen LogP contribution in [-0.2, 0) is 19.6 Å². The predicted octanol–water partition coefficient (Wildman–Crippen LogP) is 2.54. The maximum absolute atomic E-state index is 13.6. The first-order valence-electron chi connectivity index (χ1n) is 10.8. The Bertz CT molecular complexity index is 1180. The summed E-state index contributed by atoms with van der Waals surface area (Å²) in [6.45, 7) is 4.01. The third-order valence-electron chi connectivity index (χ3n) is 5.95. The van der Waals surface area contributed by atoms with Crippen LogP contribution in [-0.4, -0.2) is 57.4 Å². The number of nitrogens with one attached hydrogen (secondary N) is 1. The summed E-state index contributed by atoms with van der Waals surface area (Å²) in [6.07, 6.45) is 1.04. The Hall–Kier alpha value is -3.11. The number of likely N-dealkylation sites (N-methyl/N-ethyl adjacent to an activating group) is 1. The predicted molar refractivity (Wildman–Crippen MR) is 123 cm³/mol. The molecule has 10 heteroatoms. The molecule has 1 fully saturated rings. The van der Waals surface area contributed by atoms with Gasteiger partial charge in [0.25, 0.3) is 5.91 Å². The van der Waals surface area contributed by atoms with Crippen LogP contribution in [0, 0.1) is 6.92 Å². The highest BCUT2D eigenvalue weighted by Crippen LogP contribution is 2.36. The van der Waals surface area contributed by atoms with Gasteiger partial charge in [0.15, 0.2) is 6.61 Å². The fourth-order valence-corrected chi connectivity index (χ4v) is 6.18. The Morgan fingerprint density at radius 2 is 2.00 bits per heavy atom. The lowest BCUT2D eigenvalue weighted by atomic mass is 10.2. The number of hydrogen-bond acceptors (Lipinski definition) is 6. The van der Waals surface area contributed by atoms with Crippen molar-refractivity contribution in [2.24, 2.45) is 0 Å². The number of ether oxygens (including phenoxy) is 2. The van der Waals surface area contributed by atoms with Gasteiger partial charge in [-0.2, -0.15) is 4.31 Å². The molecule has 0 radical (unpaired) electrons. The van der Waals surface area contributed by atoms with Gasteiger partial charge in [-0.3, -0.25) is 9.59 Å². The molecule has 176 valence electrons. The Balaban J connectivity index is 1.64. The molecule has 1 N–H and O–H groups in total. The van der Waals surface area contributed by atoms with Crippen molar-refractivity contribution in [2.75, 3.05) is 37.0 Å². The first-order valence-corrected chi connectivity index (χ1v) is 12.2. The van der Waals surface area contributed by atoms with E-state index in [0.717, 1.165) is 0 Å². The zero-order valence-corrected chi connectivity index (χ0v) is 19.6. The third kappa shape index (κ3) is 4.28. The third-order valence-corrected chi connectivity index (χ3v) is 8.00. The fourth-order valence-electron chi connectivity index (χ4n) is 4.30. The van der Waals surface area contributed by atoms with Crippen LogP contribution in [0.1, 0.15) is 25.3 Å². The highest BCUT2D eigenvalue weighted by Gasteiger charge is 2.42. The Morgan fingerprint density at radius 3 is 2.67 bits per heavy atom. The second kappa shape index (κ2) is 9.03. The van der Waals surface area contributed by atoms with Crippen LogP contribution in [0.5, 0.6) is 11.5 Å². The summed E-state index contributed by atoms with van der Waals surface area (Å²) in [4.78, 5) is 26.7. The Labute approximate surface area is 193 Å². The van der Waals surface area contributed by atoms with Crippen LogP contribution in [0.2, 0.25) is 0 Å². The monoisotopic (exact) mass is 473 g/mol. The summed E-state index contributed by atoms with van der Waals surface area (Å²) in [7, 11) is -2.40. The van der Waals surface area contributed by atoms with Gasteiger partial charge >= 0.3 is 0 Å². The van der Waals surface area contributed by atoms with Crippen molar-refractivity contribution in [2.45, 2.75) is 37.6 Å². The number of aryl methyl sites for hydroxylation is 1. The molecule has 0 aliphatic carbocycles. The normalized spacial score (nSPS) is 18.3. The van der Waals surface area contributed by atoms with Crippen LogP contribution >= 0.6 is 0 Å². The summed E-state index contributed by atoms with van der Waals surface area (Å²) < 4.78 is 39.2. The number of methoxy groups -OCH3 is 1. The number of benzene rings is 2. The smallest absolute Gasteiger partial charge is 0.262 e. The van der Waals surface area contributed by atoms with Gasteiger partial charge in [-0.05, 0) is 62.6 Å². The van der Waals surface area contributed by atoms with Gasteiger partial charge < -0.3 is 19.7 Å². The van der Waals surface area contributed by atoms with E-state index in [1.165, 1.54) is 10.4 Å². The molecule has 9 nitrogen and oxygen atoms in total. The minimum absolute atomic E-state index is 0.0737. The van der Waals surface area contributed by atoms with E-state index in [4.69, 9.17) is 9.47 Å². The van der Waals surface area contributed by atoms with Crippen LogP contribution in [0.25, 0.3) is 0 Å². The summed E-state index contributed by atoms with van der Waals surface area (Å²) in [6, 6.07) is 9.32. The van der Waals surface area contributed by atoms with Crippen molar-refractivity contribution in [3.8, 4) is 11.5 Å². The first kappa shape index (κ1) is 23.1. The van der Waals surface area contributed by atoms with E-state index >= 15 is 0 Å². The van der Waals surface area contributed by atoms with Crippen molar-refractivity contribution >= 4 is 33.2 Å². The second-order valence-corrected chi connectivity index (χ2v) is 9.86. The molecule has 2 aliphatic heterocycles. The molecule has 2 aliphatic rings. The number of nitrogens with zero attached hydrogens (tertiary/aromatic N) is 2. The molecule has 0 bridgehead atoms. The number of carbonyl (C=O) groups excluding carboxylic acids is 2. The number of hydrogen-bond donors (Lipinski definition) is 1. The second-order valence-electron chi connectivity index (χ2n) is 8.01. The largest absolute Gasteiger partial charge is 0.497 e. The fraction of sp³-hybridized carbons (Fsp3) is 0.391. The Kier molecular flexibility index (Phi) is 6.31. The van der Waals surface area contributed by atoms with Gasteiger partial charge in [0.2, 0.25) is 15.9 Å². The van der Waals surface area contributed by atoms with Crippen molar-refractivity contribution in [1.82, 2.24) is 4.31 Å². The van der Waals surface area contributed by atoms with E-state index in [-0.39, 0.29) is 29.9 Å². The molecule has 0 saturated carbocycles. The lowest BCUT2D eigenvalue weighted by Gasteiger charge is -2.30. The molecule has 1 atom stereocenters. The average Bonchev–Trinajstić information content (AvgIpc) is 3.30. The molecule has 0 aromatic heterocycles. The molecular weight excluding hydrogens is 446 g/mol. The number of amides is 2. The molecule has 2 amide bonds. The highest BCUT2D eigenvalue weighted by atomic mass is 32.2. The number of sulfonamides is 1. The van der Waals surface area contributed by atoms with Crippen molar-refractivity contribution < 1.29 is 27.5 Å². The van der Waals surface area contributed by atoms with Crippen LogP contribution < -0.4 is 19.7 Å². The topological polar surface area (TPSA) is 105 Å². The van der Waals surface area contributed by atoms with Gasteiger partial charge in [0, 0.05) is 24.8 Å². The van der Waals surface area contributed by atoms with Crippen molar-refractivity contribution in [3.63, 3.8) is 0 Å². The summed E-state index contributed by atoms with van der Waals surface area (Å²) in [5, 5.41) is 2.68. The van der Waals surface area contributed by atoms with E-state index in [1.807, 2.05) is 6.92 Å². The Morgan fingerprint density at radius 1 is 1.27 bits per heavy atom. The van der Waals surface area contributed by atoms with Gasteiger partial charge in [0.1, 0.15) is 17.5 Å². The van der Waals surface area contributed by atoms with Gasteiger partial charge in [-0.15, -0.1) is 0 Å². The van der Waals surface area contributed by atoms with E-state index in [0.29, 0.717) is 47.8 Å². The lowest BCUT2D eigenvalue weighted by Crippen LogP contribution is -2.48. The molecule has 1 saturated heterocycles. The molecule has 0 unspecified atom stereocenters. The minimum atomic E-state index is -3.97. The van der Waals surface area contributed by atoms with Crippen molar-refractivity contribution in [1.29, 1.82) is 0 Å². The average molecular weight is 474 g/mol. The molecule has 2 aromatic carbocycles. The standard InChI is InChI=1S/C23H27N3O6S/c1-4-25(16-7-9-17(31-3)10-8-16)23(28)19-6-5-11-26(19)33(29,30)21-13-20-18(12-15(21)2)24-22(27)14-32-20/h7-10,12-13,19H,4-6,11,14H2,1-3H3,(H,24,27)/t19-/m1/s1. The number of fused-ring (bicyclic) bond motifs is 1. The summed E-state index contributed by atoms with van der Waals surface area (Å²) in [5.41, 5.74) is 1.59. The van der Waals surface area contributed by atoms with Gasteiger partial charge in [-0.25, -0.2) is 8.42 Å². The van der Waals surface area contributed by atoms with E-state index in [2.05, 4.69) is 5.32 Å². The van der Waals surface area contributed by atoms with E-state index in [1.54, 1.807) is 49.3 Å². The summed E-state index contributed by atoms with van der Waals surface area (Å²) >= 11 is 0. The van der Waals surface area contributed by atoms with Crippen LogP contribution in [0.4, 0.5) is 11.4 Å². The lowest BCUT2D eigenvalue weighted by molar-refractivity contribution is -0.121. The molecule has 0 spiro atoms. The minimum Gasteiger partial charge on any atom is -0.497 e. The maximum Gasteiger partial charge on any atom is 0.262 e. The number of carbonyl (C=O) groups is 2. The molecule has 2 heterocycles. The molecule has 33 heavy (non-hydrogen) atoms. The van der Waals surface area contributed by atoms with E-state index < -0.39 is 16.1 Å². The van der Waals surface area contributed by atoms with Crippen LogP contribution in [0.15, 0.2) is 41.3 Å². The zero-order valence-electron chi connectivity index (χ0n) is 18.8. The summed E-state index contributed by atoms with van der Waals surface area (Å²) in [5.74, 6) is 0.423. The van der Waals surface area contributed by atoms with Gasteiger partial charge in [-0.1, -0.05) is 0 Å². The van der Waals surface area contributed by atoms with Crippen LogP contribution in [0.3, 0.4) is 0 Å².